The molecule has 1 spiro atoms. The fourth-order valence-corrected chi connectivity index (χ4v) is 4.23. The van der Waals surface area contributed by atoms with Gasteiger partial charge in [-0.1, -0.05) is 13.8 Å². The van der Waals surface area contributed by atoms with Gasteiger partial charge in [0.15, 0.2) is 0 Å². The van der Waals surface area contributed by atoms with Crippen LogP contribution in [-0.2, 0) is 4.79 Å². The minimum atomic E-state index is -0.209. The predicted octanol–water partition coefficient (Wildman–Crippen LogP) is 3.15. The van der Waals surface area contributed by atoms with Crippen LogP contribution >= 0.6 is 11.3 Å². The van der Waals surface area contributed by atoms with E-state index in [1.165, 1.54) is 18.4 Å². The summed E-state index contributed by atoms with van der Waals surface area (Å²) >= 11 is 1.71. The van der Waals surface area contributed by atoms with Gasteiger partial charge in [0, 0.05) is 6.54 Å². The smallest absolute Gasteiger partial charge is 0.244 e. The molecule has 0 aromatic carbocycles. The average Bonchev–Trinajstić information content (AvgIpc) is 3.30. The van der Waals surface area contributed by atoms with Gasteiger partial charge >= 0.3 is 0 Å². The second kappa shape index (κ2) is 4.08. The van der Waals surface area contributed by atoms with Gasteiger partial charge in [0.2, 0.25) is 5.91 Å². The van der Waals surface area contributed by atoms with Gasteiger partial charge in [0.25, 0.3) is 0 Å². The largest absolute Gasteiger partial charge is 0.321 e. The van der Waals surface area contributed by atoms with Crippen LogP contribution in [0.15, 0.2) is 16.8 Å². The lowest BCUT2D eigenvalue weighted by molar-refractivity contribution is -0.132. The van der Waals surface area contributed by atoms with Gasteiger partial charge in [-0.05, 0) is 59.4 Å². The Labute approximate surface area is 124 Å². The van der Waals surface area contributed by atoms with Crippen molar-refractivity contribution in [1.82, 2.24) is 10.2 Å². The molecule has 1 unspecified atom stereocenters. The number of nitrogens with one attached hydrogen (secondary N) is 1. The summed E-state index contributed by atoms with van der Waals surface area (Å²) < 4.78 is 0. The van der Waals surface area contributed by atoms with E-state index in [1.54, 1.807) is 11.3 Å². The lowest BCUT2D eigenvalue weighted by atomic mass is 9.91. The van der Waals surface area contributed by atoms with E-state index >= 15 is 0 Å². The van der Waals surface area contributed by atoms with Crippen molar-refractivity contribution in [2.24, 2.45) is 11.3 Å². The Kier molecular flexibility index (Phi) is 2.62. The first kappa shape index (κ1) is 12.8. The van der Waals surface area contributed by atoms with Crippen molar-refractivity contribution in [1.29, 1.82) is 0 Å². The molecule has 2 aliphatic carbocycles. The maximum atomic E-state index is 12.8. The van der Waals surface area contributed by atoms with Gasteiger partial charge in [-0.3, -0.25) is 10.1 Å². The minimum absolute atomic E-state index is 0.104. The molecule has 1 aliphatic heterocycles. The normalized spacial score (nSPS) is 29.4. The van der Waals surface area contributed by atoms with E-state index in [-0.39, 0.29) is 11.7 Å². The van der Waals surface area contributed by atoms with Gasteiger partial charge in [0.05, 0.1) is 0 Å². The van der Waals surface area contributed by atoms with Crippen LogP contribution < -0.4 is 5.32 Å². The first-order valence-electron chi connectivity index (χ1n) is 7.67. The SMILES string of the molecule is CC(C)C1(CN2C(=O)C3(CC3)NC2c2ccsc2)CC1. The molecule has 1 aromatic heterocycles. The topological polar surface area (TPSA) is 32.3 Å². The summed E-state index contributed by atoms with van der Waals surface area (Å²) in [6, 6.07) is 2.15. The number of nitrogens with zero attached hydrogens (tertiary/aromatic N) is 1. The molecule has 4 heteroatoms. The quantitative estimate of drug-likeness (QED) is 0.924. The van der Waals surface area contributed by atoms with Crippen molar-refractivity contribution in [3.05, 3.63) is 22.4 Å². The van der Waals surface area contributed by atoms with Crippen LogP contribution in [0.4, 0.5) is 0 Å². The number of carbonyl (C=O) groups is 1. The Hall–Kier alpha value is -0.870. The molecule has 3 aliphatic rings. The molecule has 0 radical (unpaired) electrons. The van der Waals surface area contributed by atoms with Gasteiger partial charge in [-0.25, -0.2) is 0 Å². The lowest BCUT2D eigenvalue weighted by Gasteiger charge is -2.30. The molecule has 108 valence electrons. The fourth-order valence-electron chi connectivity index (χ4n) is 3.55. The van der Waals surface area contributed by atoms with Crippen LogP contribution in [0.25, 0.3) is 0 Å². The molecule has 3 fully saturated rings. The van der Waals surface area contributed by atoms with Crippen LogP contribution in [0.5, 0.6) is 0 Å². The Morgan fingerprint density at radius 2 is 2.15 bits per heavy atom. The fraction of sp³-hybridized carbons (Fsp3) is 0.688. The van der Waals surface area contributed by atoms with Crippen molar-refractivity contribution in [3.8, 4) is 0 Å². The van der Waals surface area contributed by atoms with Gasteiger partial charge in [0.1, 0.15) is 11.7 Å². The standard InChI is InChI=1S/C16H22N2OS/c1-11(2)15(4-5-15)10-18-13(12-3-8-20-9-12)17-16(6-7-16)14(18)19/h3,8-9,11,13,17H,4-7,10H2,1-2H3. The van der Waals surface area contributed by atoms with Crippen LogP contribution in [0.1, 0.15) is 51.3 Å². The number of amides is 1. The van der Waals surface area contributed by atoms with E-state index < -0.39 is 0 Å². The molecule has 1 atom stereocenters. The third kappa shape index (κ3) is 1.77. The molecule has 0 bridgehead atoms. The summed E-state index contributed by atoms with van der Waals surface area (Å²) in [5, 5.41) is 7.89. The third-order valence-corrected chi connectivity index (χ3v) is 6.31. The summed E-state index contributed by atoms with van der Waals surface area (Å²) in [6.07, 6.45) is 4.68. The molecule has 2 heterocycles. The van der Waals surface area contributed by atoms with Crippen LogP contribution in [0.3, 0.4) is 0 Å². The Morgan fingerprint density at radius 3 is 2.65 bits per heavy atom. The molecule has 4 rings (SSSR count). The summed E-state index contributed by atoms with van der Waals surface area (Å²) in [5.74, 6) is 1.01. The Balaban J connectivity index is 1.62. The Morgan fingerprint density at radius 1 is 1.40 bits per heavy atom. The van der Waals surface area contributed by atoms with Gasteiger partial charge in [-0.2, -0.15) is 11.3 Å². The zero-order chi connectivity index (χ0) is 14.0. The molecule has 1 aromatic rings. The van der Waals surface area contributed by atoms with E-state index in [9.17, 15) is 4.79 Å². The predicted molar refractivity (Wildman–Crippen MR) is 80.4 cm³/mol. The lowest BCUT2D eigenvalue weighted by Crippen LogP contribution is -2.38. The summed E-state index contributed by atoms with van der Waals surface area (Å²) in [4.78, 5) is 14.9. The first-order chi connectivity index (χ1) is 9.56. The second-order valence-electron chi connectivity index (χ2n) is 7.14. The van der Waals surface area contributed by atoms with Gasteiger partial charge in [-0.15, -0.1) is 0 Å². The molecule has 20 heavy (non-hydrogen) atoms. The van der Waals surface area contributed by atoms with Crippen molar-refractivity contribution in [2.45, 2.75) is 51.2 Å². The second-order valence-corrected chi connectivity index (χ2v) is 7.92. The zero-order valence-electron chi connectivity index (χ0n) is 12.2. The summed E-state index contributed by atoms with van der Waals surface area (Å²) in [5.41, 5.74) is 1.43. The Bertz CT molecular complexity index is 529. The van der Waals surface area contributed by atoms with Crippen molar-refractivity contribution in [3.63, 3.8) is 0 Å². The van der Waals surface area contributed by atoms with Crippen LogP contribution in [-0.4, -0.2) is 22.9 Å². The van der Waals surface area contributed by atoms with Crippen molar-refractivity contribution in [2.75, 3.05) is 6.54 Å². The molecule has 1 saturated heterocycles. The van der Waals surface area contributed by atoms with Gasteiger partial charge < -0.3 is 4.90 Å². The van der Waals surface area contributed by atoms with Crippen LogP contribution in [0.2, 0.25) is 0 Å². The molecular weight excluding hydrogens is 268 g/mol. The van der Waals surface area contributed by atoms with E-state index in [2.05, 4.69) is 40.9 Å². The van der Waals surface area contributed by atoms with E-state index in [4.69, 9.17) is 0 Å². The highest BCUT2D eigenvalue weighted by Gasteiger charge is 2.61. The highest BCUT2D eigenvalue weighted by atomic mass is 32.1. The highest BCUT2D eigenvalue weighted by molar-refractivity contribution is 7.07. The monoisotopic (exact) mass is 290 g/mol. The number of hydrogen-bond donors (Lipinski definition) is 1. The number of hydrogen-bond acceptors (Lipinski definition) is 3. The molecular formula is C16H22N2OS. The van der Waals surface area contributed by atoms with Crippen molar-refractivity contribution >= 4 is 17.2 Å². The summed E-state index contributed by atoms with van der Waals surface area (Å²) in [6.45, 7) is 5.53. The highest BCUT2D eigenvalue weighted by Crippen LogP contribution is 2.55. The van der Waals surface area contributed by atoms with Crippen LogP contribution in [0, 0.1) is 11.3 Å². The minimum Gasteiger partial charge on any atom is -0.321 e. The van der Waals surface area contributed by atoms with Crippen molar-refractivity contribution < 1.29 is 4.79 Å². The number of carbonyl (C=O) groups excluding carboxylic acids is 1. The molecule has 1 N–H and O–H groups in total. The number of rotatable bonds is 4. The molecule has 2 saturated carbocycles. The third-order valence-electron chi connectivity index (χ3n) is 5.61. The van der Waals surface area contributed by atoms with E-state index in [0.717, 1.165) is 19.4 Å². The molecule has 1 amide bonds. The maximum absolute atomic E-state index is 12.8. The van der Waals surface area contributed by atoms with E-state index in [1.807, 2.05) is 0 Å². The number of thiophene rings is 1. The van der Waals surface area contributed by atoms with E-state index in [0.29, 0.717) is 17.2 Å². The first-order valence-corrected chi connectivity index (χ1v) is 8.62. The maximum Gasteiger partial charge on any atom is 0.244 e. The average molecular weight is 290 g/mol. The summed E-state index contributed by atoms with van der Waals surface area (Å²) in [7, 11) is 0. The molecule has 3 nitrogen and oxygen atoms in total. The zero-order valence-corrected chi connectivity index (χ0v) is 13.0.